The Labute approximate surface area is 235 Å². The van der Waals surface area contributed by atoms with Gasteiger partial charge in [-0.3, -0.25) is 14.5 Å². The first kappa shape index (κ1) is 28.9. The first-order chi connectivity index (χ1) is 19.7. The smallest absolute Gasteiger partial charge is 0.338 e. The molecule has 3 aromatic rings. The number of carbonyl (C=O) groups excluding carboxylic acids is 2. The minimum absolute atomic E-state index is 0.0219. The highest BCUT2D eigenvalue weighted by molar-refractivity contribution is 7.97. The quantitative estimate of drug-likeness (QED) is 0.106. The zero-order chi connectivity index (χ0) is 29.3. The number of esters is 1. The lowest BCUT2D eigenvalue weighted by molar-refractivity contribution is -0.117. The number of carbonyl (C=O) groups is 2. The Morgan fingerprint density at radius 1 is 0.927 bits per heavy atom. The predicted molar refractivity (Wildman–Crippen MR) is 137 cm³/mol. The molecule has 0 unspecified atom stereocenters. The van der Waals surface area contributed by atoms with Crippen molar-refractivity contribution >= 4 is 29.5 Å². The maximum atomic E-state index is 15.5. The summed E-state index contributed by atoms with van der Waals surface area (Å²) < 4.78 is 91.2. The molecule has 2 heterocycles. The number of hydrogen-bond donors (Lipinski definition) is 1. The highest BCUT2D eigenvalue weighted by Gasteiger charge is 2.30. The maximum Gasteiger partial charge on any atom is 0.338 e. The van der Waals surface area contributed by atoms with Crippen molar-refractivity contribution in [1.82, 2.24) is 9.71 Å². The van der Waals surface area contributed by atoms with E-state index >= 15 is 4.39 Å². The van der Waals surface area contributed by atoms with Crippen LogP contribution in [-0.2, 0) is 22.7 Å². The first-order valence-corrected chi connectivity index (χ1v) is 13.6. The molecule has 1 fully saturated rings. The molecule has 1 aliphatic carbocycles. The number of pyridine rings is 1. The van der Waals surface area contributed by atoms with Gasteiger partial charge in [0.2, 0.25) is 11.7 Å². The zero-order valence-electron chi connectivity index (χ0n) is 21.4. The van der Waals surface area contributed by atoms with Crippen molar-refractivity contribution in [3.05, 3.63) is 87.7 Å². The summed E-state index contributed by atoms with van der Waals surface area (Å²) in [6.45, 7) is -1.21. The molecule has 2 aromatic carbocycles. The number of hydrogen-bond acceptors (Lipinski definition) is 6. The van der Waals surface area contributed by atoms with E-state index in [-0.39, 0.29) is 41.9 Å². The highest BCUT2D eigenvalue weighted by Crippen LogP contribution is 2.34. The summed E-state index contributed by atoms with van der Waals surface area (Å²) in [7, 11) is 0. The Morgan fingerprint density at radius 3 is 2.27 bits per heavy atom. The zero-order valence-corrected chi connectivity index (χ0v) is 22.2. The normalized spacial score (nSPS) is 15.1. The van der Waals surface area contributed by atoms with E-state index in [2.05, 4.69) is 9.71 Å². The SMILES string of the molecule is O=C1OCc2c1ccc(N(Cc1ccc(C3CCCCC3)cn1)C(=O)CNSc1c(F)c(F)c(F)c(F)c1F)c2F. The Kier molecular flexibility index (Phi) is 8.55. The van der Waals surface area contributed by atoms with Gasteiger partial charge in [-0.15, -0.1) is 0 Å². The maximum absolute atomic E-state index is 15.5. The fraction of sp³-hybridized carbons (Fsp3) is 0.321. The van der Waals surface area contributed by atoms with Crippen molar-refractivity contribution < 1.29 is 40.7 Å². The lowest BCUT2D eigenvalue weighted by atomic mass is 9.85. The number of fused-ring (bicyclic) bond motifs is 1. The van der Waals surface area contributed by atoms with Gasteiger partial charge in [-0.25, -0.2) is 31.1 Å². The minimum Gasteiger partial charge on any atom is -0.457 e. The number of aromatic nitrogens is 1. The third-order valence-electron chi connectivity index (χ3n) is 7.19. The minimum atomic E-state index is -2.30. The van der Waals surface area contributed by atoms with Crippen LogP contribution < -0.4 is 9.62 Å². The summed E-state index contributed by atoms with van der Waals surface area (Å²) in [5, 5.41) is 0. The molecule has 5 rings (SSSR count). The van der Waals surface area contributed by atoms with Gasteiger partial charge in [-0.1, -0.05) is 25.3 Å². The van der Waals surface area contributed by atoms with Crippen molar-refractivity contribution in [2.45, 2.75) is 56.1 Å². The van der Waals surface area contributed by atoms with Crippen LogP contribution in [0.25, 0.3) is 0 Å². The molecule has 6 nitrogen and oxygen atoms in total. The number of halogens is 6. The van der Waals surface area contributed by atoms with Gasteiger partial charge in [0, 0.05) is 11.8 Å². The topological polar surface area (TPSA) is 71.5 Å². The fourth-order valence-corrected chi connectivity index (χ4v) is 5.68. The predicted octanol–water partition coefficient (Wildman–Crippen LogP) is 6.46. The van der Waals surface area contributed by atoms with E-state index in [1.165, 1.54) is 18.6 Å². The Hall–Kier alpha value is -3.58. The number of amides is 1. The standard InChI is InChI=1S/C28H23F6N3O3S/c29-21-18-13-40-28(39)17(18)8-9-19(21)37(12-16-7-6-15(10-35-16)14-4-2-1-3-5-14)20(38)11-36-41-27-25(33)23(31)22(30)24(32)26(27)34/h6-10,14,36H,1-5,11-13H2. The van der Waals surface area contributed by atoms with Gasteiger partial charge in [-0.2, -0.15) is 0 Å². The monoisotopic (exact) mass is 595 g/mol. The highest BCUT2D eigenvalue weighted by atomic mass is 32.2. The van der Waals surface area contributed by atoms with Crippen LogP contribution in [0.5, 0.6) is 0 Å². The summed E-state index contributed by atoms with van der Waals surface area (Å²) in [5.41, 5.74) is 1.26. The fourth-order valence-electron chi connectivity index (χ4n) is 4.98. The number of ether oxygens (including phenoxy) is 1. The van der Waals surface area contributed by atoms with Crippen LogP contribution in [0.4, 0.5) is 32.0 Å². The van der Waals surface area contributed by atoms with E-state index < -0.39 is 58.2 Å². The van der Waals surface area contributed by atoms with Gasteiger partial charge < -0.3 is 9.64 Å². The Morgan fingerprint density at radius 2 is 1.61 bits per heavy atom. The lowest BCUT2D eigenvalue weighted by Crippen LogP contribution is -2.37. The summed E-state index contributed by atoms with van der Waals surface area (Å²) in [5.74, 6) is -12.6. The van der Waals surface area contributed by atoms with Crippen LogP contribution in [-0.4, -0.2) is 23.4 Å². The van der Waals surface area contributed by atoms with E-state index in [0.29, 0.717) is 11.6 Å². The lowest BCUT2D eigenvalue weighted by Gasteiger charge is -2.25. The van der Waals surface area contributed by atoms with Crippen molar-refractivity contribution in [3.8, 4) is 0 Å². The molecule has 0 atom stereocenters. The Bertz CT molecular complexity index is 1470. The van der Waals surface area contributed by atoms with Crippen molar-refractivity contribution in [2.24, 2.45) is 0 Å². The number of nitrogens with zero attached hydrogens (tertiary/aromatic N) is 2. The van der Waals surface area contributed by atoms with E-state index in [1.54, 1.807) is 12.3 Å². The summed E-state index contributed by atoms with van der Waals surface area (Å²) in [6.07, 6.45) is 7.29. The number of nitrogens with one attached hydrogen (secondary N) is 1. The van der Waals surface area contributed by atoms with Crippen LogP contribution >= 0.6 is 11.9 Å². The van der Waals surface area contributed by atoms with Crippen LogP contribution in [0.2, 0.25) is 0 Å². The average molecular weight is 596 g/mol. The van der Waals surface area contributed by atoms with Crippen molar-refractivity contribution in [2.75, 3.05) is 11.4 Å². The molecule has 0 bridgehead atoms. The molecular weight excluding hydrogens is 572 g/mol. The number of rotatable bonds is 8. The number of cyclic esters (lactones) is 1. The van der Waals surface area contributed by atoms with Gasteiger partial charge in [0.05, 0.1) is 30.0 Å². The molecule has 2 aliphatic rings. The van der Waals surface area contributed by atoms with Crippen molar-refractivity contribution in [3.63, 3.8) is 0 Å². The molecule has 0 spiro atoms. The molecule has 0 saturated heterocycles. The number of benzene rings is 2. The summed E-state index contributed by atoms with van der Waals surface area (Å²) in [6, 6.07) is 6.18. The van der Waals surface area contributed by atoms with E-state index in [9.17, 15) is 31.5 Å². The molecule has 1 amide bonds. The second kappa shape index (κ2) is 12.1. The van der Waals surface area contributed by atoms with Crippen LogP contribution in [0.3, 0.4) is 0 Å². The molecule has 0 radical (unpaired) electrons. The molecule has 1 aliphatic heterocycles. The third kappa shape index (κ3) is 5.78. The largest absolute Gasteiger partial charge is 0.457 e. The third-order valence-corrected chi connectivity index (χ3v) is 8.04. The average Bonchev–Trinajstić information content (AvgIpc) is 3.38. The summed E-state index contributed by atoms with van der Waals surface area (Å²) >= 11 is 0.0321. The van der Waals surface area contributed by atoms with Gasteiger partial charge in [-0.05, 0) is 54.5 Å². The van der Waals surface area contributed by atoms with E-state index in [0.717, 1.165) is 36.1 Å². The second-order valence-electron chi connectivity index (χ2n) is 9.72. The van der Waals surface area contributed by atoms with Gasteiger partial charge in [0.15, 0.2) is 29.1 Å². The molecule has 1 N–H and O–H groups in total. The van der Waals surface area contributed by atoms with E-state index in [1.807, 2.05) is 6.07 Å². The Balaban J connectivity index is 1.38. The van der Waals surface area contributed by atoms with Crippen LogP contribution in [0.15, 0.2) is 35.4 Å². The van der Waals surface area contributed by atoms with Gasteiger partial charge in [0.25, 0.3) is 0 Å². The van der Waals surface area contributed by atoms with Crippen molar-refractivity contribution in [1.29, 1.82) is 0 Å². The van der Waals surface area contributed by atoms with Gasteiger partial charge in [0.1, 0.15) is 11.5 Å². The molecule has 1 saturated carbocycles. The van der Waals surface area contributed by atoms with E-state index in [4.69, 9.17) is 4.74 Å². The number of anilines is 1. The first-order valence-electron chi connectivity index (χ1n) is 12.8. The molecule has 216 valence electrons. The van der Waals surface area contributed by atoms with Gasteiger partial charge >= 0.3 is 5.97 Å². The summed E-state index contributed by atoms with van der Waals surface area (Å²) in [4.78, 5) is 29.4. The molecule has 1 aromatic heterocycles. The molecule has 13 heteroatoms. The molecular formula is C28H23F6N3O3S. The van der Waals surface area contributed by atoms with Crippen LogP contribution in [0.1, 0.15) is 65.2 Å². The second-order valence-corrected chi connectivity index (χ2v) is 10.6. The molecule has 41 heavy (non-hydrogen) atoms. The van der Waals surface area contributed by atoms with Crippen LogP contribution in [0, 0.1) is 34.9 Å².